The third-order valence-electron chi connectivity index (χ3n) is 3.29. The van der Waals surface area contributed by atoms with Crippen molar-refractivity contribution < 1.29 is 22.1 Å². The lowest BCUT2D eigenvalue weighted by Crippen LogP contribution is -2.32. The molecule has 0 radical (unpaired) electrons. The van der Waals surface area contributed by atoms with Gasteiger partial charge in [-0.05, 0) is 33.6 Å². The summed E-state index contributed by atoms with van der Waals surface area (Å²) in [7, 11) is -3.29. The highest BCUT2D eigenvalue weighted by atomic mass is 32.2. The van der Waals surface area contributed by atoms with Gasteiger partial charge in [0, 0.05) is 6.54 Å². The summed E-state index contributed by atoms with van der Waals surface area (Å²) in [4.78, 5) is 11.4. The van der Waals surface area contributed by atoms with Crippen LogP contribution in [0, 0.1) is 0 Å². The maximum atomic E-state index is 11.4. The summed E-state index contributed by atoms with van der Waals surface area (Å²) in [6.45, 7) is 6.51. The van der Waals surface area contributed by atoms with Crippen LogP contribution >= 0.6 is 0 Å². The Morgan fingerprint density at radius 3 is 1.79 bits per heavy atom. The summed E-state index contributed by atoms with van der Waals surface area (Å²) in [6, 6.07) is 0. The van der Waals surface area contributed by atoms with Crippen LogP contribution in [0.5, 0.6) is 0 Å². The van der Waals surface area contributed by atoms with Crippen LogP contribution in [-0.2, 0) is 19.0 Å². The smallest absolute Gasteiger partial charge is 0.407 e. The van der Waals surface area contributed by atoms with Gasteiger partial charge in [0.2, 0.25) is 0 Å². The number of carbonyl (C=O) groups is 1. The van der Waals surface area contributed by atoms with E-state index in [4.69, 9.17) is 4.74 Å². The molecule has 0 aliphatic rings. The van der Waals surface area contributed by atoms with Gasteiger partial charge >= 0.3 is 6.09 Å². The summed E-state index contributed by atoms with van der Waals surface area (Å²) >= 11 is 0. The number of amides is 1. The van der Waals surface area contributed by atoms with E-state index in [1.807, 2.05) is 20.8 Å². The molecule has 0 aromatic rings. The Bertz CT molecular complexity index is 429. The lowest BCUT2D eigenvalue weighted by atomic mass is 10.1. The Hall–Kier alpha value is -0.820. The molecule has 24 heavy (non-hydrogen) atoms. The van der Waals surface area contributed by atoms with Gasteiger partial charge in [0.15, 0.2) is 0 Å². The van der Waals surface area contributed by atoms with Crippen molar-refractivity contribution in [3.8, 4) is 0 Å². The fourth-order valence-electron chi connectivity index (χ4n) is 2.18. The van der Waals surface area contributed by atoms with Gasteiger partial charge in [-0.3, -0.25) is 4.18 Å². The summed E-state index contributed by atoms with van der Waals surface area (Å²) < 4.78 is 31.4. The first kappa shape index (κ1) is 23.2. The minimum Gasteiger partial charge on any atom is -0.444 e. The van der Waals surface area contributed by atoms with Gasteiger partial charge in [0.25, 0.3) is 10.1 Å². The molecule has 0 atom stereocenters. The van der Waals surface area contributed by atoms with Gasteiger partial charge in [0.1, 0.15) is 5.60 Å². The van der Waals surface area contributed by atoms with Gasteiger partial charge in [-0.1, -0.05) is 44.9 Å². The van der Waals surface area contributed by atoms with E-state index in [0.29, 0.717) is 13.2 Å². The molecule has 0 saturated heterocycles. The number of unbranched alkanes of at least 4 members (excludes halogenated alkanes) is 8. The summed E-state index contributed by atoms with van der Waals surface area (Å²) in [5.74, 6) is 0. The van der Waals surface area contributed by atoms with Gasteiger partial charge in [-0.2, -0.15) is 8.42 Å². The van der Waals surface area contributed by atoms with Crippen molar-refractivity contribution in [2.75, 3.05) is 19.4 Å². The number of rotatable bonds is 13. The maximum absolute atomic E-state index is 11.4. The summed E-state index contributed by atoms with van der Waals surface area (Å²) in [5, 5.41) is 2.76. The SMILES string of the molecule is CC(C)(C)OC(=O)NCCCCCCCCCCCOS(C)(=O)=O. The molecule has 1 N–H and O–H groups in total. The zero-order valence-corrected chi connectivity index (χ0v) is 16.5. The third-order valence-corrected chi connectivity index (χ3v) is 3.88. The number of carbonyl (C=O) groups excluding carboxylic acids is 1. The van der Waals surface area contributed by atoms with E-state index in [0.717, 1.165) is 38.4 Å². The molecular formula is C17H35NO5S. The standard InChI is InChI=1S/C17H35NO5S/c1-17(2,3)23-16(19)18-14-12-10-8-6-5-7-9-11-13-15-22-24(4,20)21/h5-15H2,1-4H3,(H,18,19). The first-order valence-electron chi connectivity index (χ1n) is 8.91. The van der Waals surface area contributed by atoms with Gasteiger partial charge < -0.3 is 10.1 Å². The highest BCUT2D eigenvalue weighted by Gasteiger charge is 2.15. The number of hydrogen-bond acceptors (Lipinski definition) is 5. The zero-order chi connectivity index (χ0) is 18.5. The van der Waals surface area contributed by atoms with Crippen LogP contribution in [-0.4, -0.2) is 39.5 Å². The Morgan fingerprint density at radius 2 is 1.33 bits per heavy atom. The van der Waals surface area contributed by atoms with E-state index in [1.165, 1.54) is 25.7 Å². The predicted octanol–water partition coefficient (Wildman–Crippen LogP) is 4.00. The fourth-order valence-corrected chi connectivity index (χ4v) is 2.60. The molecule has 0 unspecified atom stereocenters. The quantitative estimate of drug-likeness (QED) is 0.394. The minimum absolute atomic E-state index is 0.295. The Labute approximate surface area is 147 Å². The monoisotopic (exact) mass is 365 g/mol. The van der Waals surface area contributed by atoms with Crippen molar-refractivity contribution >= 4 is 16.2 Å². The van der Waals surface area contributed by atoms with E-state index >= 15 is 0 Å². The maximum Gasteiger partial charge on any atom is 0.407 e. The average molecular weight is 366 g/mol. The largest absolute Gasteiger partial charge is 0.444 e. The molecular weight excluding hydrogens is 330 g/mol. The fraction of sp³-hybridized carbons (Fsp3) is 0.941. The topological polar surface area (TPSA) is 81.7 Å². The van der Waals surface area contributed by atoms with Crippen molar-refractivity contribution in [3.05, 3.63) is 0 Å². The summed E-state index contributed by atoms with van der Waals surface area (Å²) in [6.07, 6.45) is 10.5. The number of nitrogens with one attached hydrogen (secondary N) is 1. The second-order valence-electron chi connectivity index (χ2n) is 7.14. The molecule has 7 heteroatoms. The summed E-state index contributed by atoms with van der Waals surface area (Å²) in [5.41, 5.74) is -0.443. The minimum atomic E-state index is -3.29. The lowest BCUT2D eigenvalue weighted by molar-refractivity contribution is 0.0527. The zero-order valence-electron chi connectivity index (χ0n) is 15.7. The Kier molecular flexibility index (Phi) is 12.1. The molecule has 144 valence electrons. The van der Waals surface area contributed by atoms with E-state index in [2.05, 4.69) is 9.50 Å². The molecule has 0 aromatic heterocycles. The second kappa shape index (κ2) is 12.5. The first-order chi connectivity index (χ1) is 11.1. The van der Waals surface area contributed by atoms with Crippen molar-refractivity contribution in [1.29, 1.82) is 0 Å². The van der Waals surface area contributed by atoms with Crippen molar-refractivity contribution in [1.82, 2.24) is 5.32 Å². The molecule has 1 amide bonds. The molecule has 0 aromatic carbocycles. The van der Waals surface area contributed by atoms with Crippen LogP contribution < -0.4 is 5.32 Å². The molecule has 0 saturated carbocycles. The van der Waals surface area contributed by atoms with Crippen LogP contribution in [0.4, 0.5) is 4.79 Å². The van der Waals surface area contributed by atoms with Gasteiger partial charge in [-0.25, -0.2) is 4.79 Å². The van der Waals surface area contributed by atoms with Crippen molar-refractivity contribution in [3.63, 3.8) is 0 Å². The molecule has 0 bridgehead atoms. The van der Waals surface area contributed by atoms with E-state index in [9.17, 15) is 13.2 Å². The predicted molar refractivity (Wildman–Crippen MR) is 96.6 cm³/mol. The number of hydrogen-bond donors (Lipinski definition) is 1. The average Bonchev–Trinajstić information content (AvgIpc) is 2.40. The molecule has 0 heterocycles. The lowest BCUT2D eigenvalue weighted by Gasteiger charge is -2.19. The van der Waals surface area contributed by atoms with Crippen LogP contribution in [0.15, 0.2) is 0 Å². The van der Waals surface area contributed by atoms with Crippen molar-refractivity contribution in [2.24, 2.45) is 0 Å². The molecule has 0 rings (SSSR count). The van der Waals surface area contributed by atoms with Crippen molar-refractivity contribution in [2.45, 2.75) is 84.2 Å². The highest BCUT2D eigenvalue weighted by molar-refractivity contribution is 7.85. The highest BCUT2D eigenvalue weighted by Crippen LogP contribution is 2.10. The van der Waals surface area contributed by atoms with Crippen LogP contribution in [0.1, 0.15) is 78.6 Å². The van der Waals surface area contributed by atoms with Crippen LogP contribution in [0.25, 0.3) is 0 Å². The molecule has 0 fully saturated rings. The van der Waals surface area contributed by atoms with E-state index in [1.54, 1.807) is 0 Å². The van der Waals surface area contributed by atoms with E-state index in [-0.39, 0.29) is 6.09 Å². The molecule has 0 aliphatic carbocycles. The second-order valence-corrected chi connectivity index (χ2v) is 8.78. The Morgan fingerprint density at radius 1 is 0.875 bits per heavy atom. The van der Waals surface area contributed by atoms with Gasteiger partial charge in [-0.15, -0.1) is 0 Å². The third kappa shape index (κ3) is 19.2. The first-order valence-corrected chi connectivity index (χ1v) is 10.7. The normalized spacial score (nSPS) is 12.2. The molecule has 0 aliphatic heterocycles. The van der Waals surface area contributed by atoms with E-state index < -0.39 is 15.7 Å². The van der Waals surface area contributed by atoms with Gasteiger partial charge in [0.05, 0.1) is 12.9 Å². The molecule has 0 spiro atoms. The number of alkyl carbamates (subject to hydrolysis) is 1. The van der Waals surface area contributed by atoms with Crippen LogP contribution in [0.2, 0.25) is 0 Å². The van der Waals surface area contributed by atoms with Crippen LogP contribution in [0.3, 0.4) is 0 Å². The molecule has 6 nitrogen and oxygen atoms in total. The number of ether oxygens (including phenoxy) is 1. The Balaban J connectivity index is 3.25.